The van der Waals surface area contributed by atoms with Crippen LogP contribution in [0.3, 0.4) is 0 Å². The number of hydrogen-bond donors (Lipinski definition) is 3. The summed E-state index contributed by atoms with van der Waals surface area (Å²) < 4.78 is 11.4. The molecule has 0 aromatic heterocycles. The first kappa shape index (κ1) is 27.7. The number of fused-ring (bicyclic) bond motifs is 2. The SMILES string of the molecule is COC(=O)CCCCN1C(=O)[C@@]2(O[C@@H](CCO)[C@H]([Si](C)(C)O)[C@H]2C)c2cc(N3CCNCC3=O)ccc21. The number of benzene rings is 1. The van der Waals surface area contributed by atoms with Crippen LogP contribution in [-0.2, 0) is 29.5 Å². The van der Waals surface area contributed by atoms with Gasteiger partial charge in [0.1, 0.15) is 0 Å². The second-order valence-electron chi connectivity index (χ2n) is 10.8. The molecule has 4 atom stereocenters. The molecule has 10 nitrogen and oxygen atoms in total. The number of nitrogens with zero attached hydrogens (tertiary/aromatic N) is 2. The van der Waals surface area contributed by atoms with Gasteiger partial charge in [0.2, 0.25) is 5.91 Å². The number of nitrogens with one attached hydrogen (secondary N) is 1. The molecule has 11 heteroatoms. The molecule has 0 bridgehead atoms. The Morgan fingerprint density at radius 1 is 1.30 bits per heavy atom. The molecule has 3 heterocycles. The minimum absolute atomic E-state index is 0.0374. The fraction of sp³-hybridized carbons (Fsp3) is 0.654. The molecule has 1 spiro atoms. The lowest BCUT2D eigenvalue weighted by Gasteiger charge is -2.33. The van der Waals surface area contributed by atoms with Gasteiger partial charge in [-0.1, -0.05) is 6.92 Å². The van der Waals surface area contributed by atoms with Gasteiger partial charge >= 0.3 is 5.97 Å². The van der Waals surface area contributed by atoms with Crippen LogP contribution in [0.5, 0.6) is 0 Å². The van der Waals surface area contributed by atoms with Gasteiger partial charge in [0.15, 0.2) is 13.9 Å². The van der Waals surface area contributed by atoms with Gasteiger partial charge in [-0.3, -0.25) is 14.4 Å². The number of methoxy groups -OCH3 is 1. The van der Waals surface area contributed by atoms with E-state index in [4.69, 9.17) is 9.47 Å². The number of aliphatic hydroxyl groups is 1. The van der Waals surface area contributed by atoms with Gasteiger partial charge in [0.05, 0.1) is 25.4 Å². The van der Waals surface area contributed by atoms with Crippen LogP contribution in [0.2, 0.25) is 18.6 Å². The molecule has 3 aliphatic heterocycles. The molecule has 1 aromatic carbocycles. The highest BCUT2D eigenvalue weighted by Gasteiger charge is 2.66. The average Bonchev–Trinajstić information content (AvgIpc) is 3.28. The lowest BCUT2D eigenvalue weighted by Crippen LogP contribution is -2.48. The highest BCUT2D eigenvalue weighted by atomic mass is 28.4. The second-order valence-corrected chi connectivity index (χ2v) is 14.8. The number of amides is 2. The number of esters is 1. The monoisotopic (exact) mass is 533 g/mol. The van der Waals surface area contributed by atoms with E-state index >= 15 is 0 Å². The van der Waals surface area contributed by atoms with Crippen LogP contribution < -0.4 is 15.1 Å². The van der Waals surface area contributed by atoms with Crippen molar-refractivity contribution in [3.05, 3.63) is 23.8 Å². The highest BCUT2D eigenvalue weighted by Crippen LogP contribution is 2.60. The van der Waals surface area contributed by atoms with Crippen molar-refractivity contribution in [1.82, 2.24) is 5.32 Å². The molecule has 0 unspecified atom stereocenters. The normalized spacial score (nSPS) is 27.8. The standard InChI is InChI=1S/C26H39N3O7Si/c1-17-24(37(3,4)34)21(10-14-30)36-26(17)19-15-18(28-13-11-27-16-22(28)31)8-9-20(19)29(25(26)33)12-6-5-7-23(32)35-2/h8-9,15,17,21,24,27,30,34H,5-7,10-14,16H2,1-4H3/t17-,21+,24-,26+/m1/s1. The van der Waals surface area contributed by atoms with Crippen molar-refractivity contribution in [3.63, 3.8) is 0 Å². The second kappa shape index (κ2) is 10.8. The number of carbonyl (C=O) groups excluding carboxylic acids is 3. The van der Waals surface area contributed by atoms with Crippen LogP contribution in [0.4, 0.5) is 11.4 Å². The Balaban J connectivity index is 1.75. The van der Waals surface area contributed by atoms with Crippen molar-refractivity contribution >= 4 is 37.5 Å². The Bertz CT molecular complexity index is 1050. The predicted molar refractivity (Wildman–Crippen MR) is 141 cm³/mol. The zero-order valence-corrected chi connectivity index (χ0v) is 23.2. The summed E-state index contributed by atoms with van der Waals surface area (Å²) >= 11 is 0. The molecule has 0 saturated carbocycles. The maximum absolute atomic E-state index is 14.2. The number of unbranched alkanes of at least 4 members (excludes halogenated alkanes) is 1. The Morgan fingerprint density at radius 3 is 2.70 bits per heavy atom. The Morgan fingerprint density at radius 2 is 2.05 bits per heavy atom. The van der Waals surface area contributed by atoms with Crippen molar-refractivity contribution in [2.75, 3.05) is 49.7 Å². The Kier molecular flexibility index (Phi) is 8.10. The predicted octanol–water partition coefficient (Wildman–Crippen LogP) is 1.49. The molecular formula is C26H39N3O7Si. The molecule has 2 amide bonds. The zero-order chi connectivity index (χ0) is 27.0. The Labute approximate surface area is 219 Å². The van der Waals surface area contributed by atoms with Gasteiger partial charge in [0.25, 0.3) is 5.91 Å². The topological polar surface area (TPSA) is 129 Å². The van der Waals surface area contributed by atoms with Gasteiger partial charge in [0, 0.05) is 55.4 Å². The molecule has 0 radical (unpaired) electrons. The lowest BCUT2D eigenvalue weighted by atomic mass is 9.82. The summed E-state index contributed by atoms with van der Waals surface area (Å²) in [5.74, 6) is -0.853. The largest absolute Gasteiger partial charge is 0.469 e. The minimum atomic E-state index is -2.79. The summed E-state index contributed by atoms with van der Waals surface area (Å²) in [6.45, 7) is 7.41. The first-order valence-electron chi connectivity index (χ1n) is 13.1. The molecule has 204 valence electrons. The number of hydrogen-bond acceptors (Lipinski definition) is 8. The van der Waals surface area contributed by atoms with Gasteiger partial charge in [-0.15, -0.1) is 0 Å². The fourth-order valence-corrected chi connectivity index (χ4v) is 8.98. The van der Waals surface area contributed by atoms with Crippen molar-refractivity contribution in [2.24, 2.45) is 5.92 Å². The quantitative estimate of drug-likeness (QED) is 0.247. The van der Waals surface area contributed by atoms with E-state index < -0.39 is 20.0 Å². The van der Waals surface area contributed by atoms with E-state index in [1.807, 2.05) is 38.2 Å². The third-order valence-corrected chi connectivity index (χ3v) is 10.5. The van der Waals surface area contributed by atoms with Crippen LogP contribution in [0.25, 0.3) is 0 Å². The minimum Gasteiger partial charge on any atom is -0.469 e. The molecule has 37 heavy (non-hydrogen) atoms. The first-order valence-corrected chi connectivity index (χ1v) is 16.1. The van der Waals surface area contributed by atoms with Crippen molar-refractivity contribution < 1.29 is 33.8 Å². The van der Waals surface area contributed by atoms with E-state index in [2.05, 4.69) is 5.32 Å². The molecule has 3 N–H and O–H groups in total. The van der Waals surface area contributed by atoms with Crippen molar-refractivity contribution in [3.8, 4) is 0 Å². The summed E-state index contributed by atoms with van der Waals surface area (Å²) in [5, 5.41) is 12.8. The smallest absolute Gasteiger partial charge is 0.305 e. The van der Waals surface area contributed by atoms with E-state index in [0.29, 0.717) is 50.1 Å². The summed E-state index contributed by atoms with van der Waals surface area (Å²) in [5.41, 5.74) is 0.554. The third-order valence-electron chi connectivity index (χ3n) is 8.02. The van der Waals surface area contributed by atoms with E-state index in [1.165, 1.54) is 7.11 Å². The summed E-state index contributed by atoms with van der Waals surface area (Å²) in [6.07, 6.45) is 1.32. The summed E-state index contributed by atoms with van der Waals surface area (Å²) in [7, 11) is -1.43. The Hall–Kier alpha value is -2.31. The van der Waals surface area contributed by atoms with E-state index in [9.17, 15) is 24.3 Å². The molecule has 0 aliphatic carbocycles. The first-order chi connectivity index (χ1) is 17.6. The van der Waals surface area contributed by atoms with Gasteiger partial charge in [-0.2, -0.15) is 0 Å². The maximum Gasteiger partial charge on any atom is 0.305 e. The lowest BCUT2D eigenvalue weighted by molar-refractivity contribution is -0.146. The number of anilines is 2. The van der Waals surface area contributed by atoms with Crippen LogP contribution in [-0.4, -0.2) is 82.0 Å². The molecule has 2 fully saturated rings. The van der Waals surface area contributed by atoms with E-state index in [-0.39, 0.29) is 48.8 Å². The van der Waals surface area contributed by atoms with Crippen LogP contribution in [0.15, 0.2) is 18.2 Å². The molecule has 2 saturated heterocycles. The fourth-order valence-electron chi connectivity index (χ4n) is 6.37. The number of carbonyl (C=O) groups is 3. The number of aliphatic hydroxyl groups excluding tert-OH is 1. The third kappa shape index (κ3) is 4.95. The van der Waals surface area contributed by atoms with Crippen LogP contribution in [0, 0.1) is 5.92 Å². The summed E-state index contributed by atoms with van der Waals surface area (Å²) in [4.78, 5) is 53.1. The number of rotatable bonds is 9. The maximum atomic E-state index is 14.2. The molecule has 3 aliphatic rings. The van der Waals surface area contributed by atoms with E-state index in [1.54, 1.807) is 9.80 Å². The number of piperazine rings is 1. The van der Waals surface area contributed by atoms with Gasteiger partial charge < -0.3 is 34.5 Å². The molecular weight excluding hydrogens is 494 g/mol. The van der Waals surface area contributed by atoms with Crippen molar-refractivity contribution in [1.29, 1.82) is 0 Å². The zero-order valence-electron chi connectivity index (χ0n) is 22.2. The van der Waals surface area contributed by atoms with Crippen LogP contribution >= 0.6 is 0 Å². The summed E-state index contributed by atoms with van der Waals surface area (Å²) in [6, 6.07) is 5.63. The van der Waals surface area contributed by atoms with E-state index in [0.717, 1.165) is 5.69 Å². The molecule has 4 rings (SSSR count). The highest BCUT2D eigenvalue weighted by molar-refractivity contribution is 6.71. The van der Waals surface area contributed by atoms with Crippen LogP contribution in [0.1, 0.15) is 38.2 Å². The van der Waals surface area contributed by atoms with Crippen molar-refractivity contribution in [2.45, 2.75) is 62.9 Å². The number of ether oxygens (including phenoxy) is 2. The van der Waals surface area contributed by atoms with Gasteiger partial charge in [-0.05, 0) is 50.6 Å². The van der Waals surface area contributed by atoms with Gasteiger partial charge in [-0.25, -0.2) is 0 Å². The average molecular weight is 534 g/mol. The molecule has 1 aromatic rings.